The third kappa shape index (κ3) is 4.31. The molecule has 0 spiro atoms. The summed E-state index contributed by atoms with van der Waals surface area (Å²) in [5, 5.41) is 0.892. The summed E-state index contributed by atoms with van der Waals surface area (Å²) in [5.74, 6) is 0. The van der Waals surface area contributed by atoms with Crippen LogP contribution in [0.3, 0.4) is 0 Å². The van der Waals surface area contributed by atoms with Crippen molar-refractivity contribution in [3.05, 3.63) is 0 Å². The van der Waals surface area contributed by atoms with Gasteiger partial charge in [0.15, 0.2) is 0 Å². The van der Waals surface area contributed by atoms with Gasteiger partial charge < -0.3 is 0 Å². The number of hydrogen-bond acceptors (Lipinski definition) is 2. The molecule has 0 saturated heterocycles. The van der Waals surface area contributed by atoms with Gasteiger partial charge in [-0.05, 0) is 38.5 Å². The zero-order valence-electron chi connectivity index (χ0n) is 10.3. The summed E-state index contributed by atoms with van der Waals surface area (Å²) in [6, 6.07) is 0.732. The van der Waals surface area contributed by atoms with E-state index in [0.29, 0.717) is 0 Å². The fraction of sp³-hybridized carbons (Fsp3) is 0.917. The van der Waals surface area contributed by atoms with Gasteiger partial charge in [0.25, 0.3) is 0 Å². The summed E-state index contributed by atoms with van der Waals surface area (Å²) >= 11 is 2.29. The lowest BCUT2D eigenvalue weighted by atomic mass is 9.98. The van der Waals surface area contributed by atoms with Crippen LogP contribution in [0.1, 0.15) is 38.5 Å². The highest BCUT2D eigenvalue weighted by Gasteiger charge is 2.27. The zero-order valence-corrected chi connectivity index (χ0v) is 12.1. The molecular formula is C12H23NSSi. The summed E-state index contributed by atoms with van der Waals surface area (Å²) < 4.78 is 0. The Hall–Kier alpha value is 0.237. The summed E-state index contributed by atoms with van der Waals surface area (Å²) in [6.07, 6.45) is 8.11. The average molecular weight is 241 g/mol. The fourth-order valence-corrected chi connectivity index (χ4v) is 7.34. The van der Waals surface area contributed by atoms with Crippen LogP contribution in [-0.4, -0.2) is 24.2 Å². The minimum atomic E-state index is -0.937. The molecule has 2 rings (SSSR count). The van der Waals surface area contributed by atoms with Gasteiger partial charge in [0.1, 0.15) is 7.22 Å². The summed E-state index contributed by atoms with van der Waals surface area (Å²) in [4.78, 5) is 4.85. The van der Waals surface area contributed by atoms with Crippen LogP contribution in [0.4, 0.5) is 0 Å². The SMILES string of the molecule is C[Si](C)(C)SC1CCC/C(=N\C2CC2)C1. The molecule has 2 fully saturated rings. The van der Waals surface area contributed by atoms with E-state index in [1.54, 1.807) is 5.71 Å². The van der Waals surface area contributed by atoms with Gasteiger partial charge in [0, 0.05) is 11.0 Å². The first-order valence-electron chi connectivity index (χ1n) is 6.26. The van der Waals surface area contributed by atoms with Crippen molar-refractivity contribution in [3.63, 3.8) is 0 Å². The highest BCUT2D eigenvalue weighted by molar-refractivity contribution is 8.29. The van der Waals surface area contributed by atoms with E-state index >= 15 is 0 Å². The molecule has 1 nitrogen and oxygen atoms in total. The monoisotopic (exact) mass is 241 g/mol. The largest absolute Gasteiger partial charge is 0.291 e. The molecule has 0 aliphatic heterocycles. The van der Waals surface area contributed by atoms with Crippen molar-refractivity contribution in [3.8, 4) is 0 Å². The molecule has 1 atom stereocenters. The van der Waals surface area contributed by atoms with Crippen LogP contribution in [0.15, 0.2) is 4.99 Å². The van der Waals surface area contributed by atoms with Crippen molar-refractivity contribution in [1.29, 1.82) is 0 Å². The van der Waals surface area contributed by atoms with Gasteiger partial charge >= 0.3 is 0 Å². The first-order chi connectivity index (χ1) is 7.03. The van der Waals surface area contributed by atoms with E-state index in [-0.39, 0.29) is 0 Å². The Bertz CT molecular complexity index is 253. The van der Waals surface area contributed by atoms with Crippen molar-refractivity contribution in [2.24, 2.45) is 4.99 Å². The highest BCUT2D eigenvalue weighted by atomic mass is 32.4. The van der Waals surface area contributed by atoms with E-state index in [0.717, 1.165) is 11.3 Å². The lowest BCUT2D eigenvalue weighted by Gasteiger charge is -2.28. The van der Waals surface area contributed by atoms with Crippen LogP contribution >= 0.6 is 11.2 Å². The third-order valence-corrected chi connectivity index (χ3v) is 7.45. The Balaban J connectivity index is 1.86. The van der Waals surface area contributed by atoms with Gasteiger partial charge in [0.05, 0.1) is 6.04 Å². The first-order valence-corrected chi connectivity index (χ1v) is 11.4. The van der Waals surface area contributed by atoms with Crippen molar-refractivity contribution in [2.45, 2.75) is 69.5 Å². The summed E-state index contributed by atoms with van der Waals surface area (Å²) in [7, 11) is -0.937. The van der Waals surface area contributed by atoms with E-state index in [2.05, 4.69) is 30.9 Å². The molecule has 15 heavy (non-hydrogen) atoms. The number of rotatable bonds is 3. The summed E-state index contributed by atoms with van der Waals surface area (Å²) in [6.45, 7) is 7.39. The standard InChI is InChI=1S/C12H23NSSi/c1-15(2,3)14-12-6-4-5-11(9-12)13-10-7-8-10/h10,12H,4-9H2,1-3H3/b13-11+. The van der Waals surface area contributed by atoms with Gasteiger partial charge in [-0.15, -0.1) is 0 Å². The van der Waals surface area contributed by atoms with Crippen molar-refractivity contribution in [1.82, 2.24) is 0 Å². The predicted octanol–water partition coefficient (Wildman–Crippen LogP) is 4.10. The molecule has 0 amide bonds. The highest BCUT2D eigenvalue weighted by Crippen LogP contribution is 2.34. The maximum absolute atomic E-state index is 4.85. The Labute approximate surface area is 98.8 Å². The fourth-order valence-electron chi connectivity index (χ4n) is 2.18. The van der Waals surface area contributed by atoms with Crippen LogP contribution in [-0.2, 0) is 0 Å². The van der Waals surface area contributed by atoms with Crippen LogP contribution in [0, 0.1) is 0 Å². The van der Waals surface area contributed by atoms with Gasteiger partial charge in [-0.1, -0.05) is 19.6 Å². The van der Waals surface area contributed by atoms with E-state index in [1.807, 2.05) is 0 Å². The normalized spacial score (nSPS) is 30.9. The third-order valence-electron chi connectivity index (χ3n) is 2.89. The second-order valence-electron chi connectivity index (χ2n) is 5.88. The van der Waals surface area contributed by atoms with Crippen LogP contribution in [0.5, 0.6) is 0 Å². The van der Waals surface area contributed by atoms with Crippen LogP contribution < -0.4 is 0 Å². The molecule has 2 aliphatic carbocycles. The van der Waals surface area contributed by atoms with Gasteiger partial charge in [-0.25, -0.2) is 0 Å². The van der Waals surface area contributed by atoms with E-state index in [4.69, 9.17) is 4.99 Å². The summed E-state index contributed by atoms with van der Waals surface area (Å²) in [5.41, 5.74) is 1.54. The Kier molecular flexibility index (Phi) is 3.61. The molecule has 0 aromatic heterocycles. The minimum absolute atomic E-state index is 0.732. The quantitative estimate of drug-likeness (QED) is 0.678. The van der Waals surface area contributed by atoms with E-state index in [9.17, 15) is 0 Å². The Morgan fingerprint density at radius 1 is 1.20 bits per heavy atom. The first kappa shape index (κ1) is 11.7. The molecule has 0 aromatic carbocycles. The van der Waals surface area contributed by atoms with Crippen LogP contribution in [0.2, 0.25) is 19.6 Å². The van der Waals surface area contributed by atoms with Crippen molar-refractivity contribution >= 4 is 24.1 Å². The Morgan fingerprint density at radius 2 is 1.93 bits per heavy atom. The molecule has 86 valence electrons. The van der Waals surface area contributed by atoms with Crippen molar-refractivity contribution in [2.75, 3.05) is 0 Å². The average Bonchev–Trinajstić information content (AvgIpc) is 2.85. The Morgan fingerprint density at radius 3 is 2.53 bits per heavy atom. The molecule has 0 aromatic rings. The zero-order chi connectivity index (χ0) is 10.9. The van der Waals surface area contributed by atoms with Gasteiger partial charge in [0.2, 0.25) is 0 Å². The van der Waals surface area contributed by atoms with Crippen LogP contribution in [0.25, 0.3) is 0 Å². The van der Waals surface area contributed by atoms with Gasteiger partial charge in [-0.3, -0.25) is 4.99 Å². The van der Waals surface area contributed by atoms with Gasteiger partial charge in [-0.2, -0.15) is 11.2 Å². The lowest BCUT2D eigenvalue weighted by molar-refractivity contribution is 0.679. The molecule has 1 unspecified atom stereocenters. The maximum atomic E-state index is 4.85. The number of hydrogen-bond donors (Lipinski definition) is 0. The molecule has 0 radical (unpaired) electrons. The number of nitrogens with zero attached hydrogens (tertiary/aromatic N) is 1. The molecule has 0 bridgehead atoms. The molecule has 0 heterocycles. The number of aliphatic imine (C=N–C) groups is 1. The lowest BCUT2D eigenvalue weighted by Crippen LogP contribution is -2.25. The van der Waals surface area contributed by atoms with E-state index in [1.165, 1.54) is 38.5 Å². The minimum Gasteiger partial charge on any atom is -0.291 e. The smallest absolute Gasteiger partial charge is 0.108 e. The molecule has 0 N–H and O–H groups in total. The maximum Gasteiger partial charge on any atom is 0.108 e. The van der Waals surface area contributed by atoms with E-state index < -0.39 is 7.22 Å². The predicted molar refractivity (Wildman–Crippen MR) is 73.7 cm³/mol. The topological polar surface area (TPSA) is 12.4 Å². The second kappa shape index (κ2) is 4.62. The molecule has 2 aliphatic rings. The van der Waals surface area contributed by atoms with Crippen molar-refractivity contribution < 1.29 is 0 Å². The molecule has 2 saturated carbocycles. The molecule has 3 heteroatoms. The molecular weight excluding hydrogens is 218 g/mol. The second-order valence-corrected chi connectivity index (χ2v) is 15.4.